The van der Waals surface area contributed by atoms with E-state index in [0.717, 1.165) is 13.8 Å². The molecule has 2 rings (SSSR count). The number of para-hydroxylation sites is 1. The van der Waals surface area contributed by atoms with Crippen LogP contribution >= 0.6 is 0 Å². The summed E-state index contributed by atoms with van der Waals surface area (Å²) in [5.41, 5.74) is 1.21. The van der Waals surface area contributed by atoms with Crippen LogP contribution in [0, 0.1) is 11.8 Å². The number of hydrogen-bond acceptors (Lipinski definition) is 2. The predicted molar refractivity (Wildman–Crippen MR) is 69.9 cm³/mol. The molecule has 1 N–H and O–H groups in total. The van der Waals surface area contributed by atoms with Crippen LogP contribution in [0.4, 0.5) is 17.7 Å². The van der Waals surface area contributed by atoms with Crippen LogP contribution in [-0.4, -0.2) is 17.1 Å². The van der Waals surface area contributed by atoms with Gasteiger partial charge in [-0.05, 0) is 23.4 Å². The highest BCUT2D eigenvalue weighted by atomic mass is 19.4. The van der Waals surface area contributed by atoms with E-state index in [-0.39, 0.29) is 0 Å². The lowest BCUT2D eigenvalue weighted by Gasteiger charge is -2.19. The van der Waals surface area contributed by atoms with Gasteiger partial charge in [-0.15, -0.1) is 0 Å². The average molecular weight is 305 g/mol. The van der Waals surface area contributed by atoms with Crippen molar-refractivity contribution >= 4 is 16.9 Å². The number of carbonyl (C=O) groups excluding carboxylic acids is 1. The fourth-order valence-electron chi connectivity index (χ4n) is 1.83. The van der Waals surface area contributed by atoms with E-state index in [1.165, 1.54) is 10.9 Å². The summed E-state index contributed by atoms with van der Waals surface area (Å²) in [5.74, 6) is -5.31. The molecular formula is C14H15F4NO2. The second-order valence-electron chi connectivity index (χ2n) is 4.72. The Kier molecular flexibility index (Phi) is 5.75. The second kappa shape index (κ2) is 7.10. The molecule has 1 heterocycles. The first kappa shape index (κ1) is 17.0. The number of benzene rings is 1. The molecule has 0 aliphatic rings. The Morgan fingerprint density at radius 1 is 1.19 bits per heavy atom. The van der Waals surface area contributed by atoms with Gasteiger partial charge in [-0.25, -0.2) is 4.79 Å². The minimum atomic E-state index is -4.75. The predicted octanol–water partition coefficient (Wildman–Crippen LogP) is 4.42. The molecule has 1 aromatic carbocycles. The van der Waals surface area contributed by atoms with E-state index in [1.54, 1.807) is 0 Å². The first-order valence-electron chi connectivity index (χ1n) is 6.18. The zero-order chi connectivity index (χ0) is 16.0. The summed E-state index contributed by atoms with van der Waals surface area (Å²) in [6.07, 6.45) is -2.80. The van der Waals surface area contributed by atoms with Crippen LogP contribution < -0.4 is 0 Å². The second-order valence-corrected chi connectivity index (χ2v) is 4.72. The van der Waals surface area contributed by atoms with Gasteiger partial charge in [0.15, 0.2) is 5.92 Å². The van der Waals surface area contributed by atoms with Crippen LogP contribution in [0.3, 0.4) is 0 Å². The lowest BCUT2D eigenvalue weighted by Crippen LogP contribution is -2.35. The average Bonchev–Trinajstić information content (AvgIpc) is 2.85. The largest absolute Gasteiger partial charge is 0.402 e. The first-order chi connectivity index (χ1) is 9.77. The van der Waals surface area contributed by atoms with Gasteiger partial charge in [-0.3, -0.25) is 4.94 Å². The molecule has 0 fully saturated rings. The molecule has 0 saturated carbocycles. The lowest BCUT2D eigenvalue weighted by atomic mass is 9.96. The molecule has 7 heteroatoms. The molecule has 3 nitrogen and oxygen atoms in total. The van der Waals surface area contributed by atoms with E-state index in [0.29, 0.717) is 0 Å². The van der Waals surface area contributed by atoms with Crippen molar-refractivity contribution in [2.45, 2.75) is 20.0 Å². The third kappa shape index (κ3) is 4.77. The molecule has 0 radical (unpaired) electrons. The summed E-state index contributed by atoms with van der Waals surface area (Å²) >= 11 is 0. The van der Waals surface area contributed by atoms with E-state index in [9.17, 15) is 22.5 Å². The van der Waals surface area contributed by atoms with Crippen molar-refractivity contribution in [2.24, 2.45) is 11.8 Å². The van der Waals surface area contributed by atoms with E-state index in [4.69, 9.17) is 0 Å². The minimum absolute atomic E-state index is 1.03. The Bertz CT molecular complexity index is 547. The number of alkyl halides is 3. The summed E-state index contributed by atoms with van der Waals surface area (Å²) in [6.45, 7) is 2.32. The summed E-state index contributed by atoms with van der Waals surface area (Å²) in [4.78, 5) is 15.9. The number of nitrogens with one attached hydrogen (secondary N) is 1. The Hall–Kier alpha value is -2.05. The molecule has 0 saturated heterocycles. The monoisotopic (exact) mass is 305 g/mol. The van der Waals surface area contributed by atoms with Gasteiger partial charge in [0, 0.05) is 16.2 Å². The van der Waals surface area contributed by atoms with Crippen molar-refractivity contribution in [3.8, 4) is 0 Å². The number of fused-ring (bicyclic) bond motifs is 1. The molecule has 0 aliphatic carbocycles. The van der Waals surface area contributed by atoms with E-state index < -0.39 is 24.0 Å². The number of hydrogen-bond donors (Lipinski definition) is 1. The standard InChI is InChI=1S/C8H7N.C6H8F4O2/c1-2-4-8-7(3-1)5-6-9-8;1-3(2)4(5(11)12-10)6(7,8)9/h1-6,9H;3-4H,1-2H3. The number of aromatic amines is 1. The van der Waals surface area contributed by atoms with Crippen LogP contribution in [0.5, 0.6) is 0 Å². The van der Waals surface area contributed by atoms with Crippen LogP contribution in [0.15, 0.2) is 36.5 Å². The zero-order valence-corrected chi connectivity index (χ0v) is 11.4. The van der Waals surface area contributed by atoms with Gasteiger partial charge in [0.05, 0.1) is 0 Å². The number of H-pyrrole nitrogens is 1. The molecule has 0 amide bonds. The number of rotatable bonds is 2. The Balaban J connectivity index is 0.000000216. The van der Waals surface area contributed by atoms with Crippen LogP contribution in [0.2, 0.25) is 0 Å². The molecule has 0 bridgehead atoms. The van der Waals surface area contributed by atoms with Gasteiger partial charge < -0.3 is 4.98 Å². The lowest BCUT2D eigenvalue weighted by molar-refractivity contribution is -0.229. The summed E-state index contributed by atoms with van der Waals surface area (Å²) in [6, 6.07) is 10.3. The van der Waals surface area contributed by atoms with Gasteiger partial charge in [0.1, 0.15) is 0 Å². The maximum absolute atomic E-state index is 11.9. The summed E-state index contributed by atoms with van der Waals surface area (Å²) in [5, 5.41) is 1.28. The Labute approximate surface area is 118 Å². The third-order valence-electron chi connectivity index (χ3n) is 2.81. The van der Waals surface area contributed by atoms with E-state index >= 15 is 0 Å². The molecule has 1 aromatic heterocycles. The molecule has 0 spiro atoms. The highest BCUT2D eigenvalue weighted by Gasteiger charge is 2.48. The molecule has 1 unspecified atom stereocenters. The van der Waals surface area contributed by atoms with Gasteiger partial charge in [-0.2, -0.15) is 13.2 Å². The van der Waals surface area contributed by atoms with Crippen LogP contribution in [0.25, 0.3) is 10.9 Å². The van der Waals surface area contributed by atoms with Crippen molar-refractivity contribution in [1.82, 2.24) is 4.98 Å². The molecule has 116 valence electrons. The van der Waals surface area contributed by atoms with Gasteiger partial charge in [0.25, 0.3) is 0 Å². The van der Waals surface area contributed by atoms with Crippen LogP contribution in [0.1, 0.15) is 13.8 Å². The minimum Gasteiger partial charge on any atom is -0.361 e. The molecular weight excluding hydrogens is 290 g/mol. The van der Waals surface area contributed by atoms with Crippen molar-refractivity contribution in [1.29, 1.82) is 0 Å². The van der Waals surface area contributed by atoms with E-state index in [2.05, 4.69) is 28.1 Å². The topological polar surface area (TPSA) is 42.1 Å². The molecule has 2 aromatic rings. The van der Waals surface area contributed by atoms with Gasteiger partial charge in [0.2, 0.25) is 0 Å². The Morgan fingerprint density at radius 2 is 1.81 bits per heavy atom. The zero-order valence-electron chi connectivity index (χ0n) is 11.4. The molecule has 0 aliphatic heterocycles. The highest BCUT2D eigenvalue weighted by Crippen LogP contribution is 2.32. The van der Waals surface area contributed by atoms with E-state index in [1.807, 2.05) is 18.3 Å². The maximum atomic E-state index is 11.9. The maximum Gasteiger partial charge on any atom is 0.402 e. The smallest absolute Gasteiger partial charge is 0.361 e. The normalized spacial score (nSPS) is 12.7. The highest BCUT2D eigenvalue weighted by molar-refractivity contribution is 5.78. The summed E-state index contributed by atoms with van der Waals surface area (Å²) < 4.78 is 47.0. The SMILES string of the molecule is CC(C)C(C(=O)OF)C(F)(F)F.c1ccc2[nH]ccc2c1. The fraction of sp³-hybridized carbons (Fsp3) is 0.357. The fourth-order valence-corrected chi connectivity index (χ4v) is 1.83. The van der Waals surface area contributed by atoms with Crippen LogP contribution in [-0.2, 0) is 9.74 Å². The van der Waals surface area contributed by atoms with Crippen molar-refractivity contribution in [2.75, 3.05) is 0 Å². The Morgan fingerprint density at radius 3 is 2.24 bits per heavy atom. The number of aromatic nitrogens is 1. The third-order valence-corrected chi connectivity index (χ3v) is 2.81. The van der Waals surface area contributed by atoms with Crippen molar-refractivity contribution in [3.05, 3.63) is 36.5 Å². The summed E-state index contributed by atoms with van der Waals surface area (Å²) in [7, 11) is 0. The molecule has 21 heavy (non-hydrogen) atoms. The van der Waals surface area contributed by atoms with Crippen molar-refractivity contribution < 1.29 is 27.4 Å². The van der Waals surface area contributed by atoms with Gasteiger partial charge in [-0.1, -0.05) is 32.0 Å². The number of halogens is 4. The molecule has 1 atom stereocenters. The first-order valence-corrected chi connectivity index (χ1v) is 6.18. The quantitative estimate of drug-likeness (QED) is 0.835. The van der Waals surface area contributed by atoms with Gasteiger partial charge >= 0.3 is 12.1 Å². The number of carbonyl (C=O) groups is 1. The van der Waals surface area contributed by atoms with Crippen molar-refractivity contribution in [3.63, 3.8) is 0 Å².